The molecule has 0 aliphatic heterocycles. The van der Waals surface area contributed by atoms with Gasteiger partial charge in [0.15, 0.2) is 0 Å². The Labute approximate surface area is 119 Å². The van der Waals surface area contributed by atoms with Gasteiger partial charge in [0.25, 0.3) is 0 Å². The minimum atomic E-state index is -0.489. The first-order valence-electron chi connectivity index (χ1n) is 6.81. The number of amides is 2. The van der Waals surface area contributed by atoms with E-state index in [0.717, 1.165) is 5.56 Å². The van der Waals surface area contributed by atoms with Crippen LogP contribution in [0.3, 0.4) is 0 Å². The van der Waals surface area contributed by atoms with E-state index in [9.17, 15) is 9.59 Å². The van der Waals surface area contributed by atoms with Crippen LogP contribution in [0.4, 0.5) is 11.4 Å². The lowest BCUT2D eigenvalue weighted by molar-refractivity contribution is -0.117. The van der Waals surface area contributed by atoms with Gasteiger partial charge in [-0.15, -0.1) is 0 Å². The number of rotatable bonds is 6. The van der Waals surface area contributed by atoms with E-state index in [-0.39, 0.29) is 18.2 Å². The maximum Gasteiger partial charge on any atom is 0.224 e. The highest BCUT2D eigenvalue weighted by Crippen LogP contribution is 2.23. The second kappa shape index (κ2) is 7.65. The number of carbonyl (C=O) groups is 2. The van der Waals surface area contributed by atoms with Gasteiger partial charge in [-0.3, -0.25) is 9.59 Å². The van der Waals surface area contributed by atoms with Crippen molar-refractivity contribution in [1.29, 1.82) is 0 Å². The molecule has 0 saturated carbocycles. The Kier molecular flexibility index (Phi) is 6.18. The molecule has 0 heterocycles. The van der Waals surface area contributed by atoms with Crippen molar-refractivity contribution >= 4 is 23.2 Å². The third-order valence-electron chi connectivity index (χ3n) is 2.99. The van der Waals surface area contributed by atoms with Crippen molar-refractivity contribution < 1.29 is 14.7 Å². The van der Waals surface area contributed by atoms with Crippen LogP contribution in [0.15, 0.2) is 18.2 Å². The van der Waals surface area contributed by atoms with Gasteiger partial charge in [-0.2, -0.15) is 0 Å². The predicted octanol–water partition coefficient (Wildman–Crippen LogP) is 2.44. The molecule has 0 saturated heterocycles. The van der Waals surface area contributed by atoms with E-state index in [1.807, 2.05) is 6.92 Å². The molecular weight excluding hydrogens is 256 g/mol. The largest absolute Gasteiger partial charge is 0.393 e. The van der Waals surface area contributed by atoms with E-state index in [1.165, 1.54) is 0 Å². The highest BCUT2D eigenvalue weighted by molar-refractivity contribution is 5.95. The average Bonchev–Trinajstić information content (AvgIpc) is 2.40. The predicted molar refractivity (Wildman–Crippen MR) is 79.6 cm³/mol. The van der Waals surface area contributed by atoms with Gasteiger partial charge >= 0.3 is 0 Å². The SMILES string of the molecule is CCC(=O)Nc1cccc(NC(=O)CCC(C)O)c1C. The zero-order valence-corrected chi connectivity index (χ0v) is 12.2. The second-order valence-electron chi connectivity index (χ2n) is 4.82. The van der Waals surface area contributed by atoms with Crippen molar-refractivity contribution in [2.45, 2.75) is 46.1 Å². The maximum absolute atomic E-state index is 11.7. The Morgan fingerprint density at radius 2 is 1.75 bits per heavy atom. The van der Waals surface area contributed by atoms with E-state index >= 15 is 0 Å². The van der Waals surface area contributed by atoms with Crippen molar-refractivity contribution in [3.8, 4) is 0 Å². The molecule has 0 bridgehead atoms. The van der Waals surface area contributed by atoms with E-state index < -0.39 is 6.10 Å². The Balaban J connectivity index is 2.73. The van der Waals surface area contributed by atoms with Crippen molar-refractivity contribution in [2.75, 3.05) is 10.6 Å². The monoisotopic (exact) mass is 278 g/mol. The van der Waals surface area contributed by atoms with Crippen LogP contribution in [0, 0.1) is 6.92 Å². The Morgan fingerprint density at radius 3 is 2.25 bits per heavy atom. The number of nitrogens with one attached hydrogen (secondary N) is 2. The molecule has 3 N–H and O–H groups in total. The molecule has 1 aromatic carbocycles. The van der Waals surface area contributed by atoms with Gasteiger partial charge in [0.05, 0.1) is 6.10 Å². The standard InChI is InChI=1S/C15H22N2O3/c1-4-14(19)16-12-6-5-7-13(11(12)3)17-15(20)9-8-10(2)18/h5-7,10,18H,4,8-9H2,1-3H3,(H,16,19)(H,17,20). The molecule has 0 fully saturated rings. The summed E-state index contributed by atoms with van der Waals surface area (Å²) in [6.07, 6.45) is 0.613. The summed E-state index contributed by atoms with van der Waals surface area (Å²) in [5.41, 5.74) is 2.19. The van der Waals surface area contributed by atoms with Crippen LogP contribution >= 0.6 is 0 Å². The molecule has 110 valence electrons. The zero-order valence-electron chi connectivity index (χ0n) is 12.2. The van der Waals surface area contributed by atoms with Gasteiger partial charge in [0.1, 0.15) is 0 Å². The third kappa shape index (κ3) is 5.01. The number of aliphatic hydroxyl groups is 1. The summed E-state index contributed by atoms with van der Waals surface area (Å²) in [6.45, 7) is 5.28. The van der Waals surface area contributed by atoms with Crippen LogP contribution in [-0.4, -0.2) is 23.0 Å². The highest BCUT2D eigenvalue weighted by Gasteiger charge is 2.10. The number of hydrogen-bond acceptors (Lipinski definition) is 3. The molecule has 0 aromatic heterocycles. The molecule has 5 nitrogen and oxygen atoms in total. The van der Waals surface area contributed by atoms with Crippen LogP contribution in [0.25, 0.3) is 0 Å². The van der Waals surface area contributed by atoms with Gasteiger partial charge in [0, 0.05) is 24.2 Å². The third-order valence-corrected chi connectivity index (χ3v) is 2.99. The second-order valence-corrected chi connectivity index (χ2v) is 4.82. The normalized spacial score (nSPS) is 11.8. The van der Waals surface area contributed by atoms with Crippen molar-refractivity contribution in [1.82, 2.24) is 0 Å². The van der Waals surface area contributed by atoms with Gasteiger partial charge in [0.2, 0.25) is 11.8 Å². The summed E-state index contributed by atoms with van der Waals surface area (Å²) >= 11 is 0. The van der Waals surface area contributed by atoms with E-state index in [1.54, 1.807) is 32.0 Å². The molecule has 2 amide bonds. The molecule has 0 aliphatic carbocycles. The molecule has 0 aliphatic rings. The first-order chi connectivity index (χ1) is 9.43. The molecule has 1 unspecified atom stereocenters. The summed E-state index contributed by atoms with van der Waals surface area (Å²) in [4.78, 5) is 23.2. The number of hydrogen-bond donors (Lipinski definition) is 3. The van der Waals surface area contributed by atoms with Crippen molar-refractivity contribution in [3.63, 3.8) is 0 Å². The van der Waals surface area contributed by atoms with Gasteiger partial charge in [-0.25, -0.2) is 0 Å². The fraction of sp³-hybridized carbons (Fsp3) is 0.467. The minimum absolute atomic E-state index is 0.0642. The van der Waals surface area contributed by atoms with Crippen LogP contribution in [-0.2, 0) is 9.59 Å². The van der Waals surface area contributed by atoms with Crippen molar-refractivity contribution in [3.05, 3.63) is 23.8 Å². The van der Waals surface area contributed by atoms with Crippen molar-refractivity contribution in [2.24, 2.45) is 0 Å². The van der Waals surface area contributed by atoms with Crippen LogP contribution in [0.2, 0.25) is 0 Å². The van der Waals surface area contributed by atoms with Crippen LogP contribution in [0.1, 0.15) is 38.7 Å². The molecule has 1 rings (SSSR count). The average molecular weight is 278 g/mol. The Bertz CT molecular complexity index is 484. The summed E-state index contributed by atoms with van der Waals surface area (Å²) in [7, 11) is 0. The summed E-state index contributed by atoms with van der Waals surface area (Å²) in [5, 5.41) is 14.8. The fourth-order valence-corrected chi connectivity index (χ4v) is 1.70. The van der Waals surface area contributed by atoms with Gasteiger partial charge in [-0.05, 0) is 38.0 Å². The molecular formula is C15H22N2O3. The first kappa shape index (κ1) is 16.2. The Morgan fingerprint density at radius 1 is 1.20 bits per heavy atom. The zero-order chi connectivity index (χ0) is 15.1. The first-order valence-corrected chi connectivity index (χ1v) is 6.81. The number of carbonyl (C=O) groups excluding carboxylic acids is 2. The molecule has 0 radical (unpaired) electrons. The lowest BCUT2D eigenvalue weighted by atomic mass is 10.1. The number of benzene rings is 1. The smallest absolute Gasteiger partial charge is 0.224 e. The lowest BCUT2D eigenvalue weighted by Crippen LogP contribution is -2.16. The quantitative estimate of drug-likeness (QED) is 0.748. The van der Waals surface area contributed by atoms with E-state index in [4.69, 9.17) is 5.11 Å². The number of anilines is 2. The van der Waals surface area contributed by atoms with Crippen LogP contribution < -0.4 is 10.6 Å². The minimum Gasteiger partial charge on any atom is -0.393 e. The molecule has 5 heteroatoms. The summed E-state index contributed by atoms with van der Waals surface area (Å²) in [6, 6.07) is 5.37. The van der Waals surface area contributed by atoms with Crippen LogP contribution in [0.5, 0.6) is 0 Å². The highest BCUT2D eigenvalue weighted by atomic mass is 16.3. The van der Waals surface area contributed by atoms with Gasteiger partial charge < -0.3 is 15.7 Å². The van der Waals surface area contributed by atoms with Gasteiger partial charge in [-0.1, -0.05) is 13.0 Å². The topological polar surface area (TPSA) is 78.4 Å². The molecule has 20 heavy (non-hydrogen) atoms. The molecule has 1 atom stereocenters. The van der Waals surface area contributed by atoms with E-state index in [0.29, 0.717) is 24.2 Å². The maximum atomic E-state index is 11.7. The van der Waals surface area contributed by atoms with E-state index in [2.05, 4.69) is 10.6 Å². The Hall–Kier alpha value is -1.88. The lowest BCUT2D eigenvalue weighted by Gasteiger charge is -2.13. The molecule has 0 spiro atoms. The summed E-state index contributed by atoms with van der Waals surface area (Å²) < 4.78 is 0. The number of aliphatic hydroxyl groups excluding tert-OH is 1. The fourth-order valence-electron chi connectivity index (χ4n) is 1.70. The summed E-state index contributed by atoms with van der Waals surface area (Å²) in [5.74, 6) is -0.210. The molecule has 1 aromatic rings.